The molecule has 0 aromatic heterocycles. The van der Waals surface area contributed by atoms with Crippen molar-refractivity contribution in [2.24, 2.45) is 0 Å². The molecule has 1 nitrogen and oxygen atoms in total. The smallest absolute Gasteiger partial charge is 0.126 e. The van der Waals surface area contributed by atoms with Crippen LogP contribution in [0.3, 0.4) is 0 Å². The second-order valence-corrected chi connectivity index (χ2v) is 5.60. The van der Waals surface area contributed by atoms with Crippen LogP contribution in [-0.4, -0.2) is 7.05 Å². The Hall–Kier alpha value is -1.38. The quantitative estimate of drug-likeness (QED) is 0.863. The van der Waals surface area contributed by atoms with Crippen LogP contribution in [0.1, 0.15) is 33.9 Å². The van der Waals surface area contributed by atoms with Gasteiger partial charge in [0.2, 0.25) is 0 Å². The maximum Gasteiger partial charge on any atom is 0.126 e. The lowest BCUT2D eigenvalue weighted by Crippen LogP contribution is -2.19. The molecule has 0 aliphatic carbocycles. The van der Waals surface area contributed by atoms with Crippen LogP contribution in [0, 0.1) is 26.6 Å². The molecule has 1 atom stereocenters. The lowest BCUT2D eigenvalue weighted by molar-refractivity contribution is 0.613. The van der Waals surface area contributed by atoms with E-state index in [2.05, 4.69) is 11.4 Å². The zero-order valence-corrected chi connectivity index (χ0v) is 13.0. The number of hydrogen-bond donors (Lipinski definition) is 1. The molecule has 0 aliphatic heterocycles. The largest absolute Gasteiger partial charge is 0.309 e. The minimum absolute atomic E-state index is 0.0327. The van der Waals surface area contributed by atoms with Crippen molar-refractivity contribution in [1.82, 2.24) is 5.32 Å². The standard InChI is InChI=1S/C17H19ClFN/c1-10-9-15(18)11(2)8-14(10)17(20-4)13-5-6-16(19)12(3)7-13/h5-9,17,20H,1-4H3. The second-order valence-electron chi connectivity index (χ2n) is 5.19. The number of nitrogens with one attached hydrogen (secondary N) is 1. The number of rotatable bonds is 3. The Bertz CT molecular complexity index is 637. The van der Waals surface area contributed by atoms with Crippen molar-refractivity contribution in [3.8, 4) is 0 Å². The molecule has 1 N–H and O–H groups in total. The van der Waals surface area contributed by atoms with Gasteiger partial charge in [-0.2, -0.15) is 0 Å². The highest BCUT2D eigenvalue weighted by Gasteiger charge is 2.16. The van der Waals surface area contributed by atoms with Gasteiger partial charge in [-0.1, -0.05) is 29.8 Å². The zero-order chi connectivity index (χ0) is 14.9. The van der Waals surface area contributed by atoms with E-state index < -0.39 is 0 Å². The molecule has 0 saturated heterocycles. The first-order valence-electron chi connectivity index (χ1n) is 6.64. The number of aryl methyl sites for hydroxylation is 3. The lowest BCUT2D eigenvalue weighted by atomic mass is 9.93. The molecule has 0 saturated carbocycles. The summed E-state index contributed by atoms with van der Waals surface area (Å²) in [4.78, 5) is 0. The van der Waals surface area contributed by atoms with E-state index in [0.29, 0.717) is 5.56 Å². The Morgan fingerprint density at radius 3 is 2.30 bits per heavy atom. The van der Waals surface area contributed by atoms with Gasteiger partial charge in [0.15, 0.2) is 0 Å². The van der Waals surface area contributed by atoms with E-state index in [-0.39, 0.29) is 11.9 Å². The molecule has 0 bridgehead atoms. The van der Waals surface area contributed by atoms with Gasteiger partial charge in [-0.15, -0.1) is 0 Å². The van der Waals surface area contributed by atoms with E-state index in [1.54, 1.807) is 6.92 Å². The molecule has 0 heterocycles. The summed E-state index contributed by atoms with van der Waals surface area (Å²) in [6.07, 6.45) is 0. The Morgan fingerprint density at radius 1 is 1.00 bits per heavy atom. The highest BCUT2D eigenvalue weighted by Crippen LogP contribution is 2.29. The average molecular weight is 292 g/mol. The van der Waals surface area contributed by atoms with Crippen molar-refractivity contribution < 1.29 is 4.39 Å². The summed E-state index contributed by atoms with van der Waals surface area (Å²) in [5, 5.41) is 4.08. The Labute approximate surface area is 124 Å². The van der Waals surface area contributed by atoms with Crippen molar-refractivity contribution in [2.45, 2.75) is 26.8 Å². The summed E-state index contributed by atoms with van der Waals surface area (Å²) < 4.78 is 13.4. The molecule has 20 heavy (non-hydrogen) atoms. The number of hydrogen-bond acceptors (Lipinski definition) is 1. The molecule has 1 unspecified atom stereocenters. The predicted octanol–water partition coefficient (Wildman–Crippen LogP) is 4.71. The molecule has 3 heteroatoms. The SMILES string of the molecule is CNC(c1ccc(F)c(C)c1)c1cc(C)c(Cl)cc1C. The van der Waals surface area contributed by atoms with Crippen molar-refractivity contribution in [3.63, 3.8) is 0 Å². The summed E-state index contributed by atoms with van der Waals surface area (Å²) in [6, 6.07) is 9.34. The van der Waals surface area contributed by atoms with Gasteiger partial charge < -0.3 is 5.32 Å². The molecule has 0 aliphatic rings. The monoisotopic (exact) mass is 291 g/mol. The molecule has 106 valence electrons. The maximum atomic E-state index is 13.4. The van der Waals surface area contributed by atoms with Crippen LogP contribution in [0.25, 0.3) is 0 Å². The van der Waals surface area contributed by atoms with Crippen LogP contribution in [0.5, 0.6) is 0 Å². The average Bonchev–Trinajstić information content (AvgIpc) is 2.40. The third-order valence-electron chi connectivity index (χ3n) is 3.66. The topological polar surface area (TPSA) is 12.0 Å². The summed E-state index contributed by atoms with van der Waals surface area (Å²) in [6.45, 7) is 5.82. The van der Waals surface area contributed by atoms with Crippen molar-refractivity contribution >= 4 is 11.6 Å². The van der Waals surface area contributed by atoms with E-state index in [9.17, 15) is 4.39 Å². The molecule has 2 aromatic rings. The molecule has 0 fully saturated rings. The highest BCUT2D eigenvalue weighted by molar-refractivity contribution is 6.31. The summed E-state index contributed by atoms with van der Waals surface area (Å²) >= 11 is 6.16. The van der Waals surface area contributed by atoms with Crippen LogP contribution < -0.4 is 5.32 Å². The van der Waals surface area contributed by atoms with Gasteiger partial charge in [-0.05, 0) is 67.8 Å². The van der Waals surface area contributed by atoms with Gasteiger partial charge in [0, 0.05) is 5.02 Å². The molecule has 2 aromatic carbocycles. The van der Waals surface area contributed by atoms with Crippen LogP contribution >= 0.6 is 11.6 Å². The van der Waals surface area contributed by atoms with E-state index in [1.165, 1.54) is 11.6 Å². The Kier molecular flexibility index (Phi) is 4.46. The van der Waals surface area contributed by atoms with E-state index in [1.807, 2.05) is 39.1 Å². The maximum absolute atomic E-state index is 13.4. The first kappa shape index (κ1) is 15.0. The molecule has 2 rings (SSSR count). The first-order chi connectivity index (χ1) is 9.43. The third kappa shape index (κ3) is 2.87. The summed E-state index contributed by atoms with van der Waals surface area (Å²) in [5.41, 5.74) is 5.05. The first-order valence-corrected chi connectivity index (χ1v) is 7.01. The normalized spacial score (nSPS) is 12.5. The summed E-state index contributed by atoms with van der Waals surface area (Å²) in [7, 11) is 1.91. The van der Waals surface area contributed by atoms with Crippen LogP contribution in [0.15, 0.2) is 30.3 Å². The van der Waals surface area contributed by atoms with Crippen LogP contribution in [0.4, 0.5) is 4.39 Å². The van der Waals surface area contributed by atoms with Gasteiger partial charge >= 0.3 is 0 Å². The second kappa shape index (κ2) is 5.94. The van der Waals surface area contributed by atoms with Crippen LogP contribution in [0.2, 0.25) is 5.02 Å². The molecule has 0 radical (unpaired) electrons. The lowest BCUT2D eigenvalue weighted by Gasteiger charge is -2.21. The van der Waals surface area contributed by atoms with Gasteiger partial charge in [-0.3, -0.25) is 0 Å². The Balaban J connectivity index is 2.52. The van der Waals surface area contributed by atoms with Gasteiger partial charge in [0.05, 0.1) is 6.04 Å². The fraction of sp³-hybridized carbons (Fsp3) is 0.294. The minimum Gasteiger partial charge on any atom is -0.309 e. The molecule has 0 spiro atoms. The molecule has 0 amide bonds. The van der Waals surface area contributed by atoms with E-state index in [0.717, 1.165) is 21.7 Å². The fourth-order valence-electron chi connectivity index (χ4n) is 2.46. The molecular weight excluding hydrogens is 273 g/mol. The van der Waals surface area contributed by atoms with Crippen molar-refractivity contribution in [3.05, 3.63) is 69.0 Å². The minimum atomic E-state index is -0.174. The summed E-state index contributed by atoms with van der Waals surface area (Å²) in [5.74, 6) is -0.174. The number of benzene rings is 2. The van der Waals surface area contributed by atoms with Crippen molar-refractivity contribution in [1.29, 1.82) is 0 Å². The predicted molar refractivity (Wildman–Crippen MR) is 83.0 cm³/mol. The fourth-order valence-corrected chi connectivity index (χ4v) is 2.68. The van der Waals surface area contributed by atoms with Gasteiger partial charge in [0.1, 0.15) is 5.82 Å². The van der Waals surface area contributed by atoms with E-state index >= 15 is 0 Å². The van der Waals surface area contributed by atoms with Gasteiger partial charge in [0.25, 0.3) is 0 Å². The zero-order valence-electron chi connectivity index (χ0n) is 12.2. The van der Waals surface area contributed by atoms with Crippen LogP contribution in [-0.2, 0) is 0 Å². The Morgan fingerprint density at radius 2 is 1.70 bits per heavy atom. The number of halogens is 2. The third-order valence-corrected chi connectivity index (χ3v) is 4.07. The van der Waals surface area contributed by atoms with Gasteiger partial charge in [-0.25, -0.2) is 4.39 Å². The van der Waals surface area contributed by atoms with E-state index in [4.69, 9.17) is 11.6 Å². The molecular formula is C17H19ClFN. The highest BCUT2D eigenvalue weighted by atomic mass is 35.5. The van der Waals surface area contributed by atoms with Crippen molar-refractivity contribution in [2.75, 3.05) is 7.05 Å².